The molecule has 2 N–H and O–H groups in total. The van der Waals surface area contributed by atoms with Crippen LogP contribution in [0.25, 0.3) is 6.08 Å². The Morgan fingerprint density at radius 1 is 1.33 bits per heavy atom. The molecule has 1 atom stereocenters. The second-order valence-corrected chi connectivity index (χ2v) is 5.19. The predicted molar refractivity (Wildman–Crippen MR) is 73.9 cm³/mol. The summed E-state index contributed by atoms with van der Waals surface area (Å²) in [4.78, 5) is 11.6. The first-order valence-electron chi connectivity index (χ1n) is 6.08. The first-order chi connectivity index (χ1) is 8.38. The highest BCUT2D eigenvalue weighted by Crippen LogP contribution is 2.09. The van der Waals surface area contributed by atoms with Gasteiger partial charge in [0.25, 0.3) is 0 Å². The van der Waals surface area contributed by atoms with E-state index in [4.69, 9.17) is 10.5 Å². The molecule has 0 bridgehead atoms. The largest absolute Gasteiger partial charge is 0.459 e. The average Bonchev–Trinajstić information content (AvgIpc) is 2.28. The summed E-state index contributed by atoms with van der Waals surface area (Å²) in [5, 5.41) is 0. The van der Waals surface area contributed by atoms with Gasteiger partial charge < -0.3 is 10.5 Å². The van der Waals surface area contributed by atoms with Gasteiger partial charge in [-0.15, -0.1) is 0 Å². The fourth-order valence-corrected chi connectivity index (χ4v) is 1.39. The summed E-state index contributed by atoms with van der Waals surface area (Å²) in [6, 6.07) is 9.28. The van der Waals surface area contributed by atoms with Crippen molar-refractivity contribution in [2.75, 3.05) is 0 Å². The molecule has 18 heavy (non-hydrogen) atoms. The number of ether oxygens (including phenoxy) is 1. The normalized spacial score (nSPS) is 13.6. The van der Waals surface area contributed by atoms with E-state index in [0.29, 0.717) is 6.42 Å². The number of esters is 1. The van der Waals surface area contributed by atoms with Crippen LogP contribution in [0.15, 0.2) is 36.4 Å². The minimum absolute atomic E-state index is 0.361. The molecule has 3 nitrogen and oxygen atoms in total. The van der Waals surface area contributed by atoms with Gasteiger partial charge in [0.05, 0.1) is 0 Å². The third kappa shape index (κ3) is 5.64. The second kappa shape index (κ2) is 6.36. The minimum Gasteiger partial charge on any atom is -0.459 e. The van der Waals surface area contributed by atoms with E-state index in [2.05, 4.69) is 0 Å². The molecule has 1 aromatic rings. The number of hydrogen-bond donors (Lipinski definition) is 1. The van der Waals surface area contributed by atoms with Crippen LogP contribution in [0.1, 0.15) is 32.8 Å². The molecule has 0 fully saturated rings. The topological polar surface area (TPSA) is 52.3 Å². The minimum atomic E-state index is -0.607. The van der Waals surface area contributed by atoms with E-state index in [0.717, 1.165) is 5.56 Å². The fourth-order valence-electron chi connectivity index (χ4n) is 1.39. The van der Waals surface area contributed by atoms with Gasteiger partial charge in [0, 0.05) is 0 Å². The van der Waals surface area contributed by atoms with Crippen molar-refractivity contribution in [2.45, 2.75) is 38.8 Å². The van der Waals surface area contributed by atoms with E-state index in [1.54, 1.807) is 0 Å². The highest BCUT2D eigenvalue weighted by atomic mass is 16.6. The summed E-state index contributed by atoms with van der Waals surface area (Å²) in [7, 11) is 0. The molecule has 0 saturated carbocycles. The van der Waals surface area contributed by atoms with Crippen molar-refractivity contribution >= 4 is 12.0 Å². The standard InChI is InChI=1S/C15H21NO2/c1-15(2,3)18-14(17)13(16)11-7-10-12-8-5-4-6-9-12/h4-10,13H,11,16H2,1-3H3/t13-/m0/s1. The molecular formula is C15H21NO2. The molecule has 0 radical (unpaired) electrons. The third-order valence-electron chi connectivity index (χ3n) is 2.21. The Hall–Kier alpha value is -1.61. The zero-order valence-electron chi connectivity index (χ0n) is 11.2. The summed E-state index contributed by atoms with van der Waals surface area (Å²) < 4.78 is 5.20. The lowest BCUT2D eigenvalue weighted by molar-refractivity contribution is -0.156. The number of hydrogen-bond acceptors (Lipinski definition) is 3. The Morgan fingerprint density at radius 3 is 2.50 bits per heavy atom. The van der Waals surface area contributed by atoms with Gasteiger partial charge in [-0.3, -0.25) is 4.79 Å². The van der Waals surface area contributed by atoms with Gasteiger partial charge in [-0.1, -0.05) is 42.5 Å². The summed E-state index contributed by atoms with van der Waals surface area (Å²) in [5.41, 5.74) is 6.37. The Kier molecular flexibility index (Phi) is 5.10. The van der Waals surface area contributed by atoms with Gasteiger partial charge in [-0.2, -0.15) is 0 Å². The van der Waals surface area contributed by atoms with Gasteiger partial charge in [0.1, 0.15) is 11.6 Å². The number of rotatable bonds is 4. The van der Waals surface area contributed by atoms with Crippen LogP contribution in [0.3, 0.4) is 0 Å². The maximum atomic E-state index is 11.6. The molecule has 1 aromatic carbocycles. The zero-order chi connectivity index (χ0) is 13.6. The highest BCUT2D eigenvalue weighted by molar-refractivity contribution is 5.76. The van der Waals surface area contributed by atoms with Gasteiger partial charge in [0.2, 0.25) is 0 Å². The van der Waals surface area contributed by atoms with Crippen molar-refractivity contribution in [3.05, 3.63) is 42.0 Å². The number of benzene rings is 1. The molecule has 0 amide bonds. The molecule has 0 saturated heterocycles. The average molecular weight is 247 g/mol. The van der Waals surface area contributed by atoms with Crippen LogP contribution in [0, 0.1) is 0 Å². The summed E-state index contributed by atoms with van der Waals surface area (Å²) in [6.07, 6.45) is 4.32. The lowest BCUT2D eigenvalue weighted by atomic mass is 10.1. The van der Waals surface area contributed by atoms with E-state index in [9.17, 15) is 4.79 Å². The smallest absolute Gasteiger partial charge is 0.323 e. The number of carbonyl (C=O) groups is 1. The molecule has 0 unspecified atom stereocenters. The van der Waals surface area contributed by atoms with Crippen molar-refractivity contribution in [2.24, 2.45) is 5.73 Å². The zero-order valence-corrected chi connectivity index (χ0v) is 11.2. The Bertz CT molecular complexity index is 404. The quantitative estimate of drug-likeness (QED) is 0.832. The first kappa shape index (κ1) is 14.5. The molecule has 0 heterocycles. The van der Waals surface area contributed by atoms with Crippen molar-refractivity contribution in [1.82, 2.24) is 0 Å². The van der Waals surface area contributed by atoms with E-state index in [1.807, 2.05) is 63.3 Å². The molecular weight excluding hydrogens is 226 g/mol. The molecule has 3 heteroatoms. The van der Waals surface area contributed by atoms with Crippen LogP contribution in [-0.2, 0) is 9.53 Å². The molecule has 0 aliphatic rings. The molecule has 98 valence electrons. The highest BCUT2D eigenvalue weighted by Gasteiger charge is 2.20. The molecule has 1 rings (SSSR count). The predicted octanol–water partition coefficient (Wildman–Crippen LogP) is 2.76. The lowest BCUT2D eigenvalue weighted by Crippen LogP contribution is -2.36. The monoisotopic (exact) mass is 247 g/mol. The molecule has 0 aliphatic carbocycles. The SMILES string of the molecule is CC(C)(C)OC(=O)[C@@H](N)CC=Cc1ccccc1. The van der Waals surface area contributed by atoms with E-state index in [-0.39, 0.29) is 5.97 Å². The van der Waals surface area contributed by atoms with Crippen LogP contribution in [0.2, 0.25) is 0 Å². The Balaban J connectivity index is 2.44. The van der Waals surface area contributed by atoms with Crippen LogP contribution >= 0.6 is 0 Å². The molecule has 0 aromatic heterocycles. The van der Waals surface area contributed by atoms with Crippen molar-refractivity contribution in [3.63, 3.8) is 0 Å². The number of carbonyl (C=O) groups excluding carboxylic acids is 1. The molecule has 0 aliphatic heterocycles. The fraction of sp³-hybridized carbons (Fsp3) is 0.400. The van der Waals surface area contributed by atoms with E-state index in [1.165, 1.54) is 0 Å². The van der Waals surface area contributed by atoms with Crippen LogP contribution in [-0.4, -0.2) is 17.6 Å². The maximum Gasteiger partial charge on any atom is 0.323 e. The van der Waals surface area contributed by atoms with Crippen molar-refractivity contribution in [1.29, 1.82) is 0 Å². The summed E-state index contributed by atoms with van der Waals surface area (Å²) in [5.74, 6) is -0.361. The molecule has 0 spiro atoms. The summed E-state index contributed by atoms with van der Waals surface area (Å²) in [6.45, 7) is 5.49. The second-order valence-electron chi connectivity index (χ2n) is 5.19. The first-order valence-corrected chi connectivity index (χ1v) is 6.08. The van der Waals surface area contributed by atoms with Crippen molar-refractivity contribution in [3.8, 4) is 0 Å². The van der Waals surface area contributed by atoms with E-state index < -0.39 is 11.6 Å². The van der Waals surface area contributed by atoms with Crippen LogP contribution < -0.4 is 5.73 Å². The van der Waals surface area contributed by atoms with E-state index >= 15 is 0 Å². The van der Waals surface area contributed by atoms with Gasteiger partial charge in [-0.05, 0) is 32.8 Å². The number of nitrogens with two attached hydrogens (primary N) is 1. The van der Waals surface area contributed by atoms with Gasteiger partial charge in [-0.25, -0.2) is 0 Å². The van der Waals surface area contributed by atoms with Gasteiger partial charge in [0.15, 0.2) is 0 Å². The Labute approximate surface area is 109 Å². The Morgan fingerprint density at radius 2 is 1.94 bits per heavy atom. The van der Waals surface area contributed by atoms with Crippen molar-refractivity contribution < 1.29 is 9.53 Å². The third-order valence-corrected chi connectivity index (χ3v) is 2.21. The van der Waals surface area contributed by atoms with Crippen LogP contribution in [0.5, 0.6) is 0 Å². The lowest BCUT2D eigenvalue weighted by Gasteiger charge is -2.21. The maximum absolute atomic E-state index is 11.6. The van der Waals surface area contributed by atoms with Crippen LogP contribution in [0.4, 0.5) is 0 Å². The summed E-state index contributed by atoms with van der Waals surface area (Å²) >= 11 is 0. The van der Waals surface area contributed by atoms with Gasteiger partial charge >= 0.3 is 5.97 Å².